The molecule has 0 aliphatic rings. The molecule has 0 bridgehead atoms. The van der Waals surface area contributed by atoms with Crippen LogP contribution < -0.4 is 5.32 Å². The molecule has 0 saturated heterocycles. The number of hydrogen-bond acceptors (Lipinski definition) is 3. The van der Waals surface area contributed by atoms with Gasteiger partial charge in [0.25, 0.3) is 0 Å². The Labute approximate surface area is 107 Å². The summed E-state index contributed by atoms with van der Waals surface area (Å²) in [6.45, 7) is 2.64. The highest BCUT2D eigenvalue weighted by Crippen LogP contribution is 2.09. The van der Waals surface area contributed by atoms with E-state index in [1.54, 1.807) is 13.4 Å². The zero-order valence-electron chi connectivity index (χ0n) is 10.7. The second kappa shape index (κ2) is 7.03. The maximum Gasteiger partial charge on any atom is 0.109 e. The first kappa shape index (κ1) is 12.9. The van der Waals surface area contributed by atoms with Crippen LogP contribution in [-0.4, -0.2) is 25.2 Å². The largest absolute Gasteiger partial charge is 0.469 e. The highest BCUT2D eigenvalue weighted by atomic mass is 16.5. The van der Waals surface area contributed by atoms with E-state index in [0.29, 0.717) is 0 Å². The molecule has 2 aromatic heterocycles. The number of aromatic nitrogens is 1. The molecule has 0 amide bonds. The number of hydrogen-bond donors (Lipinski definition) is 2. The van der Waals surface area contributed by atoms with Crippen LogP contribution in [0.1, 0.15) is 23.6 Å². The topological polar surface area (TPSA) is 50.2 Å². The van der Waals surface area contributed by atoms with E-state index < -0.39 is 0 Å². The Bertz CT molecular complexity index is 434. The molecule has 0 fully saturated rings. The highest BCUT2D eigenvalue weighted by molar-refractivity contribution is 5.18. The maximum atomic E-state index is 5.32. The van der Waals surface area contributed by atoms with E-state index >= 15 is 0 Å². The molecule has 4 nitrogen and oxygen atoms in total. The van der Waals surface area contributed by atoms with Crippen molar-refractivity contribution in [2.75, 3.05) is 20.3 Å². The van der Waals surface area contributed by atoms with Gasteiger partial charge in [-0.15, -0.1) is 0 Å². The molecule has 0 spiro atoms. The number of methoxy groups -OCH3 is 1. The van der Waals surface area contributed by atoms with Crippen molar-refractivity contribution in [2.45, 2.75) is 19.4 Å². The Morgan fingerprint density at radius 2 is 2.17 bits per heavy atom. The minimum absolute atomic E-state index is 0.807. The second-order valence-electron chi connectivity index (χ2n) is 4.29. The SMILES string of the molecule is COCCCNCc1ccc(Cc2ccco2)[nH]1. The molecule has 0 aliphatic carbocycles. The molecule has 0 radical (unpaired) electrons. The fraction of sp³-hybridized carbons (Fsp3) is 0.429. The van der Waals surface area contributed by atoms with Crippen molar-refractivity contribution in [2.24, 2.45) is 0 Å². The minimum Gasteiger partial charge on any atom is -0.469 e. The van der Waals surface area contributed by atoms with Crippen molar-refractivity contribution in [3.63, 3.8) is 0 Å². The monoisotopic (exact) mass is 248 g/mol. The zero-order valence-corrected chi connectivity index (χ0v) is 10.7. The van der Waals surface area contributed by atoms with Crippen molar-refractivity contribution in [1.29, 1.82) is 0 Å². The summed E-state index contributed by atoms with van der Waals surface area (Å²) >= 11 is 0. The average Bonchev–Trinajstić information content (AvgIpc) is 3.02. The van der Waals surface area contributed by atoms with Gasteiger partial charge in [0.2, 0.25) is 0 Å². The van der Waals surface area contributed by atoms with E-state index in [1.807, 2.05) is 12.1 Å². The molecule has 0 atom stereocenters. The van der Waals surface area contributed by atoms with Gasteiger partial charge in [0, 0.05) is 38.1 Å². The van der Waals surface area contributed by atoms with Crippen LogP contribution in [0.5, 0.6) is 0 Å². The first-order chi connectivity index (χ1) is 8.88. The molecule has 0 saturated carbocycles. The van der Waals surface area contributed by atoms with Gasteiger partial charge in [-0.2, -0.15) is 0 Å². The average molecular weight is 248 g/mol. The Kier molecular flexibility index (Phi) is 5.05. The van der Waals surface area contributed by atoms with Gasteiger partial charge in [-0.1, -0.05) is 0 Å². The third-order valence-electron chi connectivity index (χ3n) is 2.77. The number of furan rings is 1. The summed E-state index contributed by atoms with van der Waals surface area (Å²) in [4.78, 5) is 3.39. The Morgan fingerprint density at radius 1 is 1.28 bits per heavy atom. The normalized spacial score (nSPS) is 10.9. The first-order valence-corrected chi connectivity index (χ1v) is 6.27. The number of aromatic amines is 1. The van der Waals surface area contributed by atoms with Crippen LogP contribution in [0.2, 0.25) is 0 Å². The van der Waals surface area contributed by atoms with Crippen LogP contribution in [-0.2, 0) is 17.7 Å². The number of nitrogens with one attached hydrogen (secondary N) is 2. The lowest BCUT2D eigenvalue weighted by molar-refractivity contribution is 0.194. The van der Waals surface area contributed by atoms with Crippen molar-refractivity contribution in [3.05, 3.63) is 47.7 Å². The van der Waals surface area contributed by atoms with Crippen LogP contribution in [0.4, 0.5) is 0 Å². The van der Waals surface area contributed by atoms with Gasteiger partial charge in [-0.3, -0.25) is 0 Å². The van der Waals surface area contributed by atoms with E-state index in [-0.39, 0.29) is 0 Å². The smallest absolute Gasteiger partial charge is 0.109 e. The molecular formula is C14H20N2O2. The van der Waals surface area contributed by atoms with E-state index in [1.165, 1.54) is 11.4 Å². The van der Waals surface area contributed by atoms with Crippen molar-refractivity contribution >= 4 is 0 Å². The summed E-state index contributed by atoms with van der Waals surface area (Å²) in [5, 5.41) is 3.37. The fourth-order valence-electron chi connectivity index (χ4n) is 1.86. The fourth-order valence-corrected chi connectivity index (χ4v) is 1.86. The molecule has 2 rings (SSSR count). The zero-order chi connectivity index (χ0) is 12.6. The summed E-state index contributed by atoms with van der Waals surface area (Å²) in [5.74, 6) is 0.983. The molecule has 98 valence electrons. The summed E-state index contributed by atoms with van der Waals surface area (Å²) in [6, 6.07) is 8.12. The van der Waals surface area contributed by atoms with Crippen LogP contribution in [0, 0.1) is 0 Å². The Balaban J connectivity index is 1.72. The van der Waals surface area contributed by atoms with Gasteiger partial charge in [0.15, 0.2) is 0 Å². The van der Waals surface area contributed by atoms with Crippen LogP contribution in [0.25, 0.3) is 0 Å². The molecular weight excluding hydrogens is 228 g/mol. The van der Waals surface area contributed by atoms with E-state index in [4.69, 9.17) is 9.15 Å². The second-order valence-corrected chi connectivity index (χ2v) is 4.29. The molecule has 0 unspecified atom stereocenters. The van der Waals surface area contributed by atoms with E-state index in [0.717, 1.165) is 38.3 Å². The van der Waals surface area contributed by atoms with Crippen LogP contribution in [0.15, 0.2) is 34.9 Å². The lowest BCUT2D eigenvalue weighted by Gasteiger charge is -2.02. The Hall–Kier alpha value is -1.52. The predicted octanol–water partition coefficient (Wildman–Crippen LogP) is 2.32. The molecule has 0 aliphatic heterocycles. The van der Waals surface area contributed by atoms with Crippen LogP contribution >= 0.6 is 0 Å². The quantitative estimate of drug-likeness (QED) is 0.705. The van der Waals surface area contributed by atoms with Crippen molar-refractivity contribution in [1.82, 2.24) is 10.3 Å². The lowest BCUT2D eigenvalue weighted by Crippen LogP contribution is -2.16. The summed E-state index contributed by atoms with van der Waals surface area (Å²) < 4.78 is 10.3. The Morgan fingerprint density at radius 3 is 2.94 bits per heavy atom. The molecule has 2 N–H and O–H groups in total. The molecule has 2 aromatic rings. The van der Waals surface area contributed by atoms with Gasteiger partial charge in [0.1, 0.15) is 5.76 Å². The third-order valence-corrected chi connectivity index (χ3v) is 2.77. The van der Waals surface area contributed by atoms with E-state index in [9.17, 15) is 0 Å². The van der Waals surface area contributed by atoms with Gasteiger partial charge < -0.3 is 19.5 Å². The van der Waals surface area contributed by atoms with Gasteiger partial charge in [0.05, 0.1) is 6.26 Å². The summed E-state index contributed by atoms with van der Waals surface area (Å²) in [6.07, 6.45) is 3.56. The molecule has 2 heterocycles. The van der Waals surface area contributed by atoms with E-state index in [2.05, 4.69) is 22.4 Å². The van der Waals surface area contributed by atoms with Crippen LogP contribution in [0.3, 0.4) is 0 Å². The predicted molar refractivity (Wildman–Crippen MR) is 70.5 cm³/mol. The lowest BCUT2D eigenvalue weighted by atomic mass is 10.2. The third kappa shape index (κ3) is 4.05. The molecule has 18 heavy (non-hydrogen) atoms. The van der Waals surface area contributed by atoms with Crippen molar-refractivity contribution < 1.29 is 9.15 Å². The molecule has 0 aromatic carbocycles. The maximum absolute atomic E-state index is 5.32. The standard InChI is InChI=1S/C14H20N2O2/c1-17-8-3-7-15-11-13-6-5-12(16-13)10-14-4-2-9-18-14/h2,4-6,9,15-16H,3,7-8,10-11H2,1H3. The number of H-pyrrole nitrogens is 1. The first-order valence-electron chi connectivity index (χ1n) is 6.27. The number of ether oxygens (including phenoxy) is 1. The number of rotatable bonds is 8. The minimum atomic E-state index is 0.807. The van der Waals surface area contributed by atoms with Gasteiger partial charge in [-0.25, -0.2) is 0 Å². The van der Waals surface area contributed by atoms with Gasteiger partial charge in [-0.05, 0) is 37.2 Å². The van der Waals surface area contributed by atoms with Crippen molar-refractivity contribution in [3.8, 4) is 0 Å². The summed E-state index contributed by atoms with van der Waals surface area (Å²) in [7, 11) is 1.73. The molecule has 4 heteroatoms. The van der Waals surface area contributed by atoms with Gasteiger partial charge >= 0.3 is 0 Å². The highest BCUT2D eigenvalue weighted by Gasteiger charge is 2.02. The summed E-state index contributed by atoms with van der Waals surface area (Å²) in [5.41, 5.74) is 2.38.